The summed E-state index contributed by atoms with van der Waals surface area (Å²) < 4.78 is 4.23. The Hall–Kier alpha value is -1.83. The molecule has 2 aromatic heterocycles. The van der Waals surface area contributed by atoms with Crippen molar-refractivity contribution in [3.63, 3.8) is 0 Å². The molecule has 0 unspecified atom stereocenters. The maximum Gasteiger partial charge on any atom is 0.269 e. The highest BCUT2D eigenvalue weighted by atomic mass is 35.5. The molecule has 0 aliphatic heterocycles. The molecule has 0 aliphatic carbocycles. The number of carbonyl (C=O) groups excluding carboxylic acids is 1. The Morgan fingerprint density at radius 3 is 2.95 bits per heavy atom. The first-order chi connectivity index (χ1) is 10.1. The third-order valence-electron chi connectivity index (χ3n) is 2.68. The number of halogens is 1. The Kier molecular flexibility index (Phi) is 3.96. The van der Waals surface area contributed by atoms with Gasteiger partial charge in [-0.05, 0) is 19.1 Å². The average molecular weight is 337 g/mol. The summed E-state index contributed by atoms with van der Waals surface area (Å²) in [5, 5.41) is 3.80. The molecule has 0 fully saturated rings. The molecule has 5 nitrogen and oxygen atoms in total. The van der Waals surface area contributed by atoms with Crippen molar-refractivity contribution in [1.29, 1.82) is 0 Å². The van der Waals surface area contributed by atoms with Crippen molar-refractivity contribution in [2.75, 3.05) is 5.32 Å². The Morgan fingerprint density at radius 1 is 1.38 bits per heavy atom. The number of amides is 1. The molecule has 1 amide bonds. The zero-order chi connectivity index (χ0) is 14.8. The van der Waals surface area contributed by atoms with Gasteiger partial charge in [-0.3, -0.25) is 10.1 Å². The van der Waals surface area contributed by atoms with Crippen LogP contribution < -0.4 is 5.32 Å². The van der Waals surface area contributed by atoms with E-state index in [4.69, 9.17) is 11.6 Å². The molecule has 0 saturated carbocycles. The highest BCUT2D eigenvalue weighted by Gasteiger charge is 2.14. The van der Waals surface area contributed by atoms with Gasteiger partial charge in [0.15, 0.2) is 5.82 Å². The molecule has 0 atom stereocenters. The number of hydrogen-bond donors (Lipinski definition) is 1. The monoisotopic (exact) mass is 336 g/mol. The molecule has 0 spiro atoms. The summed E-state index contributed by atoms with van der Waals surface area (Å²) in [5.74, 6) is 0.322. The van der Waals surface area contributed by atoms with Crippen LogP contribution in [-0.2, 0) is 0 Å². The molecule has 21 heavy (non-hydrogen) atoms. The lowest BCUT2D eigenvalue weighted by Gasteiger charge is -1.98. The van der Waals surface area contributed by atoms with Gasteiger partial charge >= 0.3 is 0 Å². The van der Waals surface area contributed by atoms with E-state index >= 15 is 0 Å². The second kappa shape index (κ2) is 5.88. The maximum atomic E-state index is 12.1. The SMILES string of the molecule is Cc1ncsc1C(=O)Nc1nc(-c2cccc(Cl)c2)ns1. The summed E-state index contributed by atoms with van der Waals surface area (Å²) >= 11 is 8.37. The Bertz CT molecular complexity index is 799. The molecule has 1 N–H and O–H groups in total. The Morgan fingerprint density at radius 2 is 2.24 bits per heavy atom. The molecular weight excluding hydrogens is 328 g/mol. The first-order valence-electron chi connectivity index (χ1n) is 5.94. The first kappa shape index (κ1) is 14.1. The predicted molar refractivity (Wildman–Crippen MR) is 85.2 cm³/mol. The van der Waals surface area contributed by atoms with Gasteiger partial charge in [-0.15, -0.1) is 11.3 Å². The minimum atomic E-state index is -0.219. The van der Waals surface area contributed by atoms with Crippen molar-refractivity contribution >= 4 is 45.5 Å². The number of rotatable bonds is 3. The molecule has 8 heteroatoms. The van der Waals surface area contributed by atoms with E-state index in [1.807, 2.05) is 12.1 Å². The van der Waals surface area contributed by atoms with Crippen LogP contribution in [0.4, 0.5) is 5.13 Å². The molecular formula is C13H9ClN4OS2. The van der Waals surface area contributed by atoms with E-state index in [0.29, 0.717) is 26.5 Å². The van der Waals surface area contributed by atoms with Gasteiger partial charge in [0.2, 0.25) is 5.13 Å². The molecule has 3 rings (SSSR count). The highest BCUT2D eigenvalue weighted by Crippen LogP contribution is 2.24. The third kappa shape index (κ3) is 3.10. The molecule has 2 heterocycles. The van der Waals surface area contributed by atoms with Crippen LogP contribution in [0.5, 0.6) is 0 Å². The second-order valence-electron chi connectivity index (χ2n) is 4.15. The van der Waals surface area contributed by atoms with E-state index in [0.717, 1.165) is 17.1 Å². The van der Waals surface area contributed by atoms with Crippen molar-refractivity contribution in [3.8, 4) is 11.4 Å². The van der Waals surface area contributed by atoms with Crippen molar-refractivity contribution in [2.45, 2.75) is 6.92 Å². The number of nitrogens with zero attached hydrogens (tertiary/aromatic N) is 3. The van der Waals surface area contributed by atoms with Crippen LogP contribution in [0.3, 0.4) is 0 Å². The lowest BCUT2D eigenvalue weighted by molar-refractivity contribution is 0.103. The number of nitrogens with one attached hydrogen (secondary N) is 1. The molecule has 106 valence electrons. The van der Waals surface area contributed by atoms with Gasteiger partial charge in [0.25, 0.3) is 5.91 Å². The highest BCUT2D eigenvalue weighted by molar-refractivity contribution is 7.12. The quantitative estimate of drug-likeness (QED) is 0.788. The van der Waals surface area contributed by atoms with Crippen molar-refractivity contribution in [3.05, 3.63) is 45.4 Å². The summed E-state index contributed by atoms with van der Waals surface area (Å²) in [6.07, 6.45) is 0. The van der Waals surface area contributed by atoms with Crippen LogP contribution in [-0.4, -0.2) is 20.2 Å². The Balaban J connectivity index is 1.80. The van der Waals surface area contributed by atoms with Gasteiger partial charge in [0, 0.05) is 22.1 Å². The van der Waals surface area contributed by atoms with Gasteiger partial charge in [-0.1, -0.05) is 23.7 Å². The summed E-state index contributed by atoms with van der Waals surface area (Å²) in [5.41, 5.74) is 3.16. The lowest BCUT2D eigenvalue weighted by atomic mass is 10.2. The van der Waals surface area contributed by atoms with Gasteiger partial charge in [-0.25, -0.2) is 4.98 Å². The number of benzene rings is 1. The molecule has 0 bridgehead atoms. The van der Waals surface area contributed by atoms with Crippen LogP contribution in [0.25, 0.3) is 11.4 Å². The standard InChI is InChI=1S/C13H9ClN4OS2/c1-7-10(20-6-15-7)12(19)17-13-16-11(18-21-13)8-3-2-4-9(14)5-8/h2-6H,1H3,(H,16,17,18,19). The van der Waals surface area contributed by atoms with Gasteiger partial charge in [0.05, 0.1) is 11.2 Å². The van der Waals surface area contributed by atoms with Gasteiger partial charge in [0.1, 0.15) is 4.88 Å². The van der Waals surface area contributed by atoms with Crippen LogP contribution in [0, 0.1) is 6.92 Å². The normalized spacial score (nSPS) is 10.6. The molecule has 0 saturated heterocycles. The van der Waals surface area contributed by atoms with E-state index in [9.17, 15) is 4.79 Å². The summed E-state index contributed by atoms with van der Waals surface area (Å²) in [6.45, 7) is 1.79. The van der Waals surface area contributed by atoms with Crippen molar-refractivity contribution < 1.29 is 4.79 Å². The molecule has 0 aliphatic rings. The number of hydrogen-bond acceptors (Lipinski definition) is 6. The van der Waals surface area contributed by atoms with E-state index in [1.165, 1.54) is 11.3 Å². The molecule has 1 aromatic carbocycles. The van der Waals surface area contributed by atoms with Gasteiger partial charge < -0.3 is 0 Å². The zero-order valence-electron chi connectivity index (χ0n) is 10.8. The van der Waals surface area contributed by atoms with E-state index in [2.05, 4.69) is 19.7 Å². The Labute approximate surface area is 133 Å². The van der Waals surface area contributed by atoms with Crippen LogP contribution in [0.2, 0.25) is 5.02 Å². The minimum Gasteiger partial charge on any atom is -0.296 e. The molecule has 3 aromatic rings. The number of thiazole rings is 1. The smallest absolute Gasteiger partial charge is 0.269 e. The first-order valence-corrected chi connectivity index (χ1v) is 7.97. The van der Waals surface area contributed by atoms with Crippen molar-refractivity contribution in [1.82, 2.24) is 14.3 Å². The van der Waals surface area contributed by atoms with Crippen LogP contribution in [0.1, 0.15) is 15.4 Å². The van der Waals surface area contributed by atoms with E-state index in [-0.39, 0.29) is 5.91 Å². The fourth-order valence-electron chi connectivity index (χ4n) is 1.69. The minimum absolute atomic E-state index is 0.219. The fourth-order valence-corrected chi connectivity index (χ4v) is 3.17. The van der Waals surface area contributed by atoms with Gasteiger partial charge in [-0.2, -0.15) is 9.36 Å². The van der Waals surface area contributed by atoms with E-state index in [1.54, 1.807) is 24.6 Å². The summed E-state index contributed by atoms with van der Waals surface area (Å²) in [4.78, 5) is 21.0. The largest absolute Gasteiger partial charge is 0.296 e. The van der Waals surface area contributed by atoms with Crippen LogP contribution >= 0.6 is 34.5 Å². The number of aryl methyl sites for hydroxylation is 1. The van der Waals surface area contributed by atoms with Crippen LogP contribution in [0.15, 0.2) is 29.8 Å². The number of aromatic nitrogens is 3. The van der Waals surface area contributed by atoms with E-state index < -0.39 is 0 Å². The average Bonchev–Trinajstić information content (AvgIpc) is 3.08. The second-order valence-corrected chi connectivity index (χ2v) is 6.20. The topological polar surface area (TPSA) is 67.8 Å². The maximum absolute atomic E-state index is 12.1. The number of carbonyl (C=O) groups is 1. The van der Waals surface area contributed by atoms with Crippen molar-refractivity contribution in [2.24, 2.45) is 0 Å². The summed E-state index contributed by atoms with van der Waals surface area (Å²) in [7, 11) is 0. The zero-order valence-corrected chi connectivity index (χ0v) is 13.2. The molecule has 0 radical (unpaired) electrons. The predicted octanol–water partition coefficient (Wildman–Crippen LogP) is 3.88. The third-order valence-corrected chi connectivity index (χ3v) is 4.47. The number of anilines is 1. The fraction of sp³-hybridized carbons (Fsp3) is 0.0769. The lowest BCUT2D eigenvalue weighted by Crippen LogP contribution is -2.11. The summed E-state index contributed by atoms with van der Waals surface area (Å²) in [6, 6.07) is 7.26.